The number of carbonyl (C=O) groups is 1. The monoisotopic (exact) mass is 429 g/mol. The van der Waals surface area contributed by atoms with Gasteiger partial charge in [0.2, 0.25) is 10.0 Å². The lowest BCUT2D eigenvalue weighted by atomic mass is 9.67. The molecule has 158 valence electrons. The number of carbonyl (C=O) groups excluding carboxylic acids is 1. The van der Waals surface area contributed by atoms with Crippen LogP contribution in [0.15, 0.2) is 17.0 Å². The summed E-state index contributed by atoms with van der Waals surface area (Å²) in [6.45, 7) is 3.62. The third-order valence-electron chi connectivity index (χ3n) is 6.31. The van der Waals surface area contributed by atoms with E-state index in [1.807, 2.05) is 6.92 Å². The second-order valence-corrected chi connectivity index (χ2v) is 10.5. The van der Waals surface area contributed by atoms with Crippen LogP contribution in [0.1, 0.15) is 53.6 Å². The molecule has 0 aliphatic heterocycles. The number of nitrogens with two attached hydrogens (primary N) is 1. The van der Waals surface area contributed by atoms with Gasteiger partial charge in [0.05, 0.1) is 4.90 Å². The molecule has 0 heterocycles. The van der Waals surface area contributed by atoms with E-state index in [1.165, 1.54) is 30.9 Å². The van der Waals surface area contributed by atoms with E-state index < -0.39 is 10.0 Å². The molecule has 0 aromatic heterocycles. The zero-order valence-corrected chi connectivity index (χ0v) is 18.7. The van der Waals surface area contributed by atoms with E-state index in [2.05, 4.69) is 5.32 Å². The molecule has 2 aliphatic rings. The molecule has 2 bridgehead atoms. The Kier molecular flexibility index (Phi) is 7.18. The normalized spacial score (nSPS) is 27.2. The molecule has 0 spiro atoms. The van der Waals surface area contributed by atoms with Crippen molar-refractivity contribution in [2.24, 2.45) is 17.6 Å². The summed E-state index contributed by atoms with van der Waals surface area (Å²) in [6, 6.07) is 3.66. The third kappa shape index (κ3) is 4.37. The minimum atomic E-state index is -3.60. The van der Waals surface area contributed by atoms with Gasteiger partial charge >= 0.3 is 0 Å². The van der Waals surface area contributed by atoms with E-state index in [-0.39, 0.29) is 35.3 Å². The quantitative estimate of drug-likeness (QED) is 0.769. The van der Waals surface area contributed by atoms with Gasteiger partial charge in [0.1, 0.15) is 0 Å². The topological polar surface area (TPSA) is 92.5 Å². The molecule has 0 radical (unpaired) electrons. The molecular formula is C20H32ClN3O3S. The lowest BCUT2D eigenvalue weighted by Crippen LogP contribution is -2.53. The molecule has 8 heteroatoms. The van der Waals surface area contributed by atoms with Gasteiger partial charge in [-0.1, -0.05) is 6.42 Å². The zero-order valence-electron chi connectivity index (χ0n) is 17.1. The standard InChI is InChI=1S/C20H31N3O3S.ClH/c1-12-8-16(11-18(13(12)2)27(25,26)23(3)4)20(24)22-19-14-6-5-7-15(19)10-17(21)9-14;/h8,11,14-15,17,19H,5-7,9-10,21H2,1-4H3,(H,22,24);1H. The number of fused-ring (bicyclic) bond motifs is 2. The van der Waals surface area contributed by atoms with E-state index in [0.29, 0.717) is 23.0 Å². The summed E-state index contributed by atoms with van der Waals surface area (Å²) in [5.74, 6) is 0.659. The molecule has 0 saturated heterocycles. The van der Waals surface area contributed by atoms with Crippen LogP contribution in [0, 0.1) is 25.7 Å². The summed E-state index contributed by atoms with van der Waals surface area (Å²) >= 11 is 0. The maximum absolute atomic E-state index is 13.0. The van der Waals surface area contributed by atoms with Crippen molar-refractivity contribution in [1.29, 1.82) is 0 Å². The second kappa shape index (κ2) is 8.69. The van der Waals surface area contributed by atoms with Crippen molar-refractivity contribution in [3.8, 4) is 0 Å². The minimum absolute atomic E-state index is 0. The number of rotatable bonds is 4. The van der Waals surface area contributed by atoms with Crippen LogP contribution in [0.25, 0.3) is 0 Å². The number of sulfonamides is 1. The molecule has 1 amide bonds. The fourth-order valence-corrected chi connectivity index (χ4v) is 5.90. The smallest absolute Gasteiger partial charge is 0.251 e. The molecule has 3 rings (SSSR count). The van der Waals surface area contributed by atoms with Gasteiger partial charge in [-0.15, -0.1) is 12.4 Å². The Morgan fingerprint density at radius 2 is 1.71 bits per heavy atom. The molecule has 1 aromatic rings. The predicted octanol–water partition coefficient (Wildman–Crippen LogP) is 2.61. The van der Waals surface area contributed by atoms with Gasteiger partial charge in [-0.2, -0.15) is 0 Å². The van der Waals surface area contributed by atoms with Crippen molar-refractivity contribution in [3.63, 3.8) is 0 Å². The van der Waals surface area contributed by atoms with Crippen molar-refractivity contribution >= 4 is 28.3 Å². The Balaban J connectivity index is 0.00000280. The van der Waals surface area contributed by atoms with Crippen molar-refractivity contribution in [1.82, 2.24) is 9.62 Å². The number of amides is 1. The first-order valence-corrected chi connectivity index (χ1v) is 11.2. The van der Waals surface area contributed by atoms with Crippen LogP contribution in [0.3, 0.4) is 0 Å². The van der Waals surface area contributed by atoms with Crippen LogP contribution >= 0.6 is 12.4 Å². The highest BCUT2D eigenvalue weighted by Crippen LogP contribution is 2.39. The molecule has 2 atom stereocenters. The van der Waals surface area contributed by atoms with Crippen molar-refractivity contribution in [2.45, 2.75) is 62.9 Å². The fourth-order valence-electron chi connectivity index (χ4n) is 4.68. The Morgan fingerprint density at radius 3 is 2.25 bits per heavy atom. The highest BCUT2D eigenvalue weighted by molar-refractivity contribution is 7.89. The Hall–Kier alpha value is -1.15. The van der Waals surface area contributed by atoms with E-state index in [4.69, 9.17) is 5.73 Å². The van der Waals surface area contributed by atoms with Gasteiger partial charge in [0.15, 0.2) is 0 Å². The highest BCUT2D eigenvalue weighted by atomic mass is 35.5. The Morgan fingerprint density at radius 1 is 1.14 bits per heavy atom. The fraction of sp³-hybridized carbons (Fsp3) is 0.650. The number of hydrogen-bond donors (Lipinski definition) is 2. The lowest BCUT2D eigenvalue weighted by molar-refractivity contribution is 0.0755. The van der Waals surface area contributed by atoms with Crippen molar-refractivity contribution in [2.75, 3.05) is 14.1 Å². The zero-order chi connectivity index (χ0) is 19.9. The van der Waals surface area contributed by atoms with Crippen LogP contribution in [0.5, 0.6) is 0 Å². The van der Waals surface area contributed by atoms with Crippen LogP contribution in [-0.4, -0.2) is 44.8 Å². The molecule has 6 nitrogen and oxygen atoms in total. The summed E-state index contributed by atoms with van der Waals surface area (Å²) < 4.78 is 26.5. The van der Waals surface area contributed by atoms with Gasteiger partial charge in [-0.25, -0.2) is 12.7 Å². The van der Waals surface area contributed by atoms with Gasteiger partial charge in [0.25, 0.3) is 5.91 Å². The lowest BCUT2D eigenvalue weighted by Gasteiger charge is -2.45. The van der Waals surface area contributed by atoms with E-state index in [9.17, 15) is 13.2 Å². The molecule has 2 aliphatic carbocycles. The van der Waals surface area contributed by atoms with Gasteiger partial charge < -0.3 is 11.1 Å². The van der Waals surface area contributed by atoms with E-state index >= 15 is 0 Å². The average molecular weight is 430 g/mol. The maximum Gasteiger partial charge on any atom is 0.251 e. The maximum atomic E-state index is 13.0. The summed E-state index contributed by atoms with van der Waals surface area (Å²) in [5, 5.41) is 3.21. The number of aryl methyl sites for hydroxylation is 1. The van der Waals surface area contributed by atoms with Crippen LogP contribution in [0.4, 0.5) is 0 Å². The van der Waals surface area contributed by atoms with E-state index in [1.54, 1.807) is 13.0 Å². The van der Waals surface area contributed by atoms with Crippen LogP contribution < -0.4 is 11.1 Å². The summed E-state index contributed by atoms with van der Waals surface area (Å²) in [4.78, 5) is 13.2. The Bertz CT molecular complexity index is 827. The van der Waals surface area contributed by atoms with Gasteiger partial charge in [-0.3, -0.25) is 4.79 Å². The molecule has 2 saturated carbocycles. The van der Waals surface area contributed by atoms with Gasteiger partial charge in [-0.05, 0) is 74.6 Å². The summed E-state index contributed by atoms with van der Waals surface area (Å²) in [5.41, 5.74) is 8.07. The number of hydrogen-bond acceptors (Lipinski definition) is 4. The molecule has 2 fully saturated rings. The largest absolute Gasteiger partial charge is 0.349 e. The van der Waals surface area contributed by atoms with E-state index in [0.717, 1.165) is 31.2 Å². The van der Waals surface area contributed by atoms with Gasteiger partial charge in [0, 0.05) is 31.7 Å². The number of nitrogens with one attached hydrogen (secondary N) is 1. The van der Waals surface area contributed by atoms with Crippen LogP contribution in [-0.2, 0) is 10.0 Å². The number of benzene rings is 1. The summed E-state index contributed by atoms with van der Waals surface area (Å²) in [6.07, 6.45) is 5.30. The second-order valence-electron chi connectivity index (χ2n) is 8.39. The summed E-state index contributed by atoms with van der Waals surface area (Å²) in [7, 11) is -0.598. The number of nitrogens with zero attached hydrogens (tertiary/aromatic N) is 1. The molecular weight excluding hydrogens is 398 g/mol. The first-order chi connectivity index (χ1) is 12.6. The molecule has 28 heavy (non-hydrogen) atoms. The molecule has 3 N–H and O–H groups in total. The molecule has 1 aromatic carbocycles. The number of halogens is 1. The SMILES string of the molecule is Cc1cc(C(=O)NC2C3CCCC2CC(N)C3)cc(S(=O)(=O)N(C)C)c1C.Cl. The third-order valence-corrected chi connectivity index (χ3v) is 8.26. The average Bonchev–Trinajstić information content (AvgIpc) is 2.57. The highest BCUT2D eigenvalue weighted by Gasteiger charge is 2.40. The first-order valence-electron chi connectivity index (χ1n) is 9.71. The molecule has 2 unspecified atom stereocenters. The van der Waals surface area contributed by atoms with Crippen LogP contribution in [0.2, 0.25) is 0 Å². The van der Waals surface area contributed by atoms with Crippen molar-refractivity contribution in [3.05, 3.63) is 28.8 Å². The Labute approximate surface area is 174 Å². The predicted molar refractivity (Wildman–Crippen MR) is 113 cm³/mol. The van der Waals surface area contributed by atoms with Crippen molar-refractivity contribution < 1.29 is 13.2 Å². The first kappa shape index (κ1) is 23.1. The minimum Gasteiger partial charge on any atom is -0.349 e.